The maximum absolute atomic E-state index is 12.9. The van der Waals surface area contributed by atoms with E-state index in [1.54, 1.807) is 19.2 Å². The SMILES string of the molecule is COc1ccc(-c2nnc(NC(=O)CCc3ccc(F)cc3)s2)cc1. The number of carbonyl (C=O) groups excluding carboxylic acids is 1. The molecule has 0 unspecified atom stereocenters. The summed E-state index contributed by atoms with van der Waals surface area (Å²) in [7, 11) is 1.61. The van der Waals surface area contributed by atoms with Crippen molar-refractivity contribution < 1.29 is 13.9 Å². The van der Waals surface area contributed by atoms with E-state index in [1.165, 1.54) is 23.5 Å². The molecular weight excluding hydrogens is 341 g/mol. The van der Waals surface area contributed by atoms with Gasteiger partial charge in [-0.25, -0.2) is 4.39 Å². The number of ether oxygens (including phenoxy) is 1. The van der Waals surface area contributed by atoms with Gasteiger partial charge in [0.15, 0.2) is 0 Å². The summed E-state index contributed by atoms with van der Waals surface area (Å²) >= 11 is 1.31. The molecule has 0 saturated heterocycles. The fourth-order valence-electron chi connectivity index (χ4n) is 2.21. The van der Waals surface area contributed by atoms with Gasteiger partial charge in [-0.1, -0.05) is 23.5 Å². The molecule has 0 spiro atoms. The highest BCUT2D eigenvalue weighted by molar-refractivity contribution is 7.18. The number of halogens is 1. The maximum atomic E-state index is 12.9. The highest BCUT2D eigenvalue weighted by Gasteiger charge is 2.10. The third-order valence-electron chi connectivity index (χ3n) is 3.56. The smallest absolute Gasteiger partial charge is 0.226 e. The second-order valence-electron chi connectivity index (χ2n) is 5.32. The van der Waals surface area contributed by atoms with Crippen molar-refractivity contribution in [3.8, 4) is 16.3 Å². The first-order valence-corrected chi connectivity index (χ1v) is 8.48. The van der Waals surface area contributed by atoms with Gasteiger partial charge in [-0.3, -0.25) is 4.79 Å². The van der Waals surface area contributed by atoms with Crippen LogP contribution < -0.4 is 10.1 Å². The molecule has 128 valence electrons. The minimum Gasteiger partial charge on any atom is -0.497 e. The molecule has 25 heavy (non-hydrogen) atoms. The first-order valence-electron chi connectivity index (χ1n) is 7.66. The van der Waals surface area contributed by atoms with Crippen molar-refractivity contribution in [3.05, 3.63) is 59.9 Å². The largest absolute Gasteiger partial charge is 0.497 e. The molecule has 0 radical (unpaired) electrons. The lowest BCUT2D eigenvalue weighted by Crippen LogP contribution is -2.12. The van der Waals surface area contributed by atoms with Gasteiger partial charge in [0.1, 0.15) is 16.6 Å². The summed E-state index contributed by atoms with van der Waals surface area (Å²) in [6.45, 7) is 0. The summed E-state index contributed by atoms with van der Waals surface area (Å²) in [5, 5.41) is 12.0. The van der Waals surface area contributed by atoms with E-state index in [0.29, 0.717) is 18.0 Å². The van der Waals surface area contributed by atoms with Gasteiger partial charge in [-0.15, -0.1) is 10.2 Å². The Bertz CT molecular complexity index is 848. The van der Waals surface area contributed by atoms with E-state index in [4.69, 9.17) is 4.74 Å². The molecule has 0 bridgehead atoms. The molecule has 7 heteroatoms. The van der Waals surface area contributed by atoms with Crippen LogP contribution >= 0.6 is 11.3 Å². The summed E-state index contributed by atoms with van der Waals surface area (Å²) < 4.78 is 18.0. The first-order chi connectivity index (χ1) is 12.1. The molecule has 0 aliphatic heterocycles. The molecule has 0 aliphatic rings. The summed E-state index contributed by atoms with van der Waals surface area (Å²) in [6.07, 6.45) is 0.833. The van der Waals surface area contributed by atoms with Crippen LogP contribution in [0.15, 0.2) is 48.5 Å². The minimum atomic E-state index is -0.284. The van der Waals surface area contributed by atoms with Crippen molar-refractivity contribution in [1.82, 2.24) is 10.2 Å². The fourth-order valence-corrected chi connectivity index (χ4v) is 2.98. The molecule has 0 aliphatic carbocycles. The Labute approximate surface area is 148 Å². The maximum Gasteiger partial charge on any atom is 0.226 e. The molecule has 1 N–H and O–H groups in total. The number of methoxy groups -OCH3 is 1. The van der Waals surface area contributed by atoms with Gasteiger partial charge in [-0.05, 0) is 48.4 Å². The lowest BCUT2D eigenvalue weighted by Gasteiger charge is -2.02. The predicted octanol–water partition coefficient (Wildman–Crippen LogP) is 3.92. The molecular formula is C18H16FN3O2S. The van der Waals surface area contributed by atoms with Crippen LogP contribution in [0.3, 0.4) is 0 Å². The molecule has 5 nitrogen and oxygen atoms in total. The quantitative estimate of drug-likeness (QED) is 0.726. The Morgan fingerprint density at radius 1 is 1.12 bits per heavy atom. The van der Waals surface area contributed by atoms with Crippen LogP contribution in [0.5, 0.6) is 5.75 Å². The van der Waals surface area contributed by atoms with Crippen LogP contribution in [0.25, 0.3) is 10.6 Å². The van der Waals surface area contributed by atoms with Crippen molar-refractivity contribution in [3.63, 3.8) is 0 Å². The second kappa shape index (κ2) is 7.85. The highest BCUT2D eigenvalue weighted by atomic mass is 32.1. The van der Waals surface area contributed by atoms with Gasteiger partial charge in [0.2, 0.25) is 11.0 Å². The number of carbonyl (C=O) groups is 1. The van der Waals surface area contributed by atoms with E-state index in [1.807, 2.05) is 24.3 Å². The molecule has 1 amide bonds. The zero-order valence-corrected chi connectivity index (χ0v) is 14.3. The topological polar surface area (TPSA) is 64.1 Å². The van der Waals surface area contributed by atoms with E-state index in [2.05, 4.69) is 15.5 Å². The molecule has 2 aromatic carbocycles. The van der Waals surface area contributed by atoms with Gasteiger partial charge >= 0.3 is 0 Å². The summed E-state index contributed by atoms with van der Waals surface area (Å²) in [4.78, 5) is 12.0. The molecule has 3 aromatic rings. The number of amides is 1. The van der Waals surface area contributed by atoms with Gasteiger partial charge in [0, 0.05) is 12.0 Å². The van der Waals surface area contributed by atoms with E-state index in [9.17, 15) is 9.18 Å². The van der Waals surface area contributed by atoms with Crippen LogP contribution in [-0.2, 0) is 11.2 Å². The van der Waals surface area contributed by atoms with E-state index >= 15 is 0 Å². The Morgan fingerprint density at radius 2 is 1.84 bits per heavy atom. The number of anilines is 1. The summed E-state index contributed by atoms with van der Waals surface area (Å²) in [6, 6.07) is 13.6. The second-order valence-corrected chi connectivity index (χ2v) is 6.29. The first kappa shape index (κ1) is 17.0. The van der Waals surface area contributed by atoms with E-state index in [0.717, 1.165) is 21.9 Å². The molecule has 1 aromatic heterocycles. The molecule has 0 saturated carbocycles. The third-order valence-corrected chi connectivity index (χ3v) is 4.45. The molecule has 0 atom stereocenters. The van der Waals surface area contributed by atoms with Crippen molar-refractivity contribution in [2.75, 3.05) is 12.4 Å². The monoisotopic (exact) mass is 357 g/mol. The average molecular weight is 357 g/mol. The lowest BCUT2D eigenvalue weighted by atomic mass is 10.1. The number of aromatic nitrogens is 2. The third kappa shape index (κ3) is 4.60. The van der Waals surface area contributed by atoms with Gasteiger partial charge in [0.25, 0.3) is 0 Å². The number of rotatable bonds is 6. The lowest BCUT2D eigenvalue weighted by molar-refractivity contribution is -0.116. The summed E-state index contributed by atoms with van der Waals surface area (Å²) in [5.41, 5.74) is 1.82. The number of aryl methyl sites for hydroxylation is 1. The standard InChI is InChI=1S/C18H16FN3O2S/c1-24-15-9-5-13(6-10-15)17-21-22-18(25-17)20-16(23)11-4-12-2-7-14(19)8-3-12/h2-3,5-10H,4,11H2,1H3,(H,20,22,23). The van der Waals surface area contributed by atoms with Crippen molar-refractivity contribution in [2.24, 2.45) is 0 Å². The molecule has 3 rings (SSSR count). The Balaban J connectivity index is 1.56. The van der Waals surface area contributed by atoms with Crippen molar-refractivity contribution >= 4 is 22.4 Å². The summed E-state index contributed by atoms with van der Waals surface area (Å²) in [5.74, 6) is 0.331. The number of nitrogens with one attached hydrogen (secondary N) is 1. The number of nitrogens with zero attached hydrogens (tertiary/aromatic N) is 2. The molecule has 0 fully saturated rings. The van der Waals surface area contributed by atoms with Gasteiger partial charge < -0.3 is 10.1 Å². The van der Waals surface area contributed by atoms with Gasteiger partial charge in [0.05, 0.1) is 7.11 Å². The zero-order chi connectivity index (χ0) is 17.6. The van der Waals surface area contributed by atoms with Crippen molar-refractivity contribution in [2.45, 2.75) is 12.8 Å². The highest BCUT2D eigenvalue weighted by Crippen LogP contribution is 2.27. The van der Waals surface area contributed by atoms with Crippen LogP contribution in [0.1, 0.15) is 12.0 Å². The Morgan fingerprint density at radius 3 is 2.52 bits per heavy atom. The predicted molar refractivity (Wildman–Crippen MR) is 95.2 cm³/mol. The number of benzene rings is 2. The van der Waals surface area contributed by atoms with E-state index in [-0.39, 0.29) is 11.7 Å². The van der Waals surface area contributed by atoms with Crippen LogP contribution in [0.4, 0.5) is 9.52 Å². The fraction of sp³-hybridized carbons (Fsp3) is 0.167. The minimum absolute atomic E-state index is 0.151. The van der Waals surface area contributed by atoms with Crippen molar-refractivity contribution in [1.29, 1.82) is 0 Å². The average Bonchev–Trinajstić information content (AvgIpc) is 3.10. The molecule has 1 heterocycles. The number of hydrogen-bond acceptors (Lipinski definition) is 5. The van der Waals surface area contributed by atoms with Crippen LogP contribution in [-0.4, -0.2) is 23.2 Å². The zero-order valence-electron chi connectivity index (χ0n) is 13.5. The van der Waals surface area contributed by atoms with Crippen LogP contribution in [0, 0.1) is 5.82 Å². The normalized spacial score (nSPS) is 10.5. The Kier molecular flexibility index (Phi) is 5.35. The van der Waals surface area contributed by atoms with Gasteiger partial charge in [-0.2, -0.15) is 0 Å². The Hall–Kier alpha value is -2.80. The van der Waals surface area contributed by atoms with E-state index < -0.39 is 0 Å². The number of hydrogen-bond donors (Lipinski definition) is 1. The van der Waals surface area contributed by atoms with Crippen LogP contribution in [0.2, 0.25) is 0 Å².